The molecule has 2 amide bonds. The number of nitrogens with zero attached hydrogens (tertiary/aromatic N) is 1. The number of carbonyl (C=O) groups excluding carboxylic acids is 2. The van der Waals surface area contributed by atoms with Gasteiger partial charge >= 0.3 is 0 Å². The maximum atomic E-state index is 13.8. The number of hydrogen-bond acceptors (Lipinski definition) is 4. The Morgan fingerprint density at radius 2 is 1.67 bits per heavy atom. The summed E-state index contributed by atoms with van der Waals surface area (Å²) in [4.78, 5) is 29.3. The summed E-state index contributed by atoms with van der Waals surface area (Å²) in [5.41, 5.74) is 5.62. The molecular weight excluding hydrogens is 452 g/mol. The van der Waals surface area contributed by atoms with Gasteiger partial charge in [-0.2, -0.15) is 0 Å². The predicted molar refractivity (Wildman–Crippen MR) is 138 cm³/mol. The second-order valence-corrected chi connectivity index (χ2v) is 9.33. The first-order valence-electron chi connectivity index (χ1n) is 12.7. The highest BCUT2D eigenvalue weighted by Crippen LogP contribution is 2.48. The summed E-state index contributed by atoms with van der Waals surface area (Å²) in [6.45, 7) is 7.93. The highest BCUT2D eigenvalue weighted by atomic mass is 16.5. The van der Waals surface area contributed by atoms with Crippen LogP contribution in [0.4, 0.5) is 0 Å². The zero-order chi connectivity index (χ0) is 25.2. The minimum Gasteiger partial charge on any atom is -0.490 e. The molecule has 0 saturated heterocycles. The molecule has 0 aliphatic carbocycles. The molecule has 2 aliphatic rings. The van der Waals surface area contributed by atoms with Crippen LogP contribution in [0.1, 0.15) is 64.0 Å². The fourth-order valence-electron chi connectivity index (χ4n) is 5.36. The Morgan fingerprint density at radius 1 is 0.972 bits per heavy atom. The maximum Gasteiger partial charge on any atom is 0.254 e. The summed E-state index contributed by atoms with van der Waals surface area (Å²) >= 11 is 0. The first kappa shape index (κ1) is 23.9. The summed E-state index contributed by atoms with van der Waals surface area (Å²) in [7, 11) is 0. The molecule has 2 aliphatic heterocycles. The number of fused-ring (bicyclic) bond motifs is 4. The Hall–Kier alpha value is -3.80. The topological polar surface area (TPSA) is 67.9 Å². The van der Waals surface area contributed by atoms with E-state index >= 15 is 0 Å². The number of ether oxygens (including phenoxy) is 2. The van der Waals surface area contributed by atoms with Crippen molar-refractivity contribution in [2.24, 2.45) is 0 Å². The number of nitrogens with one attached hydrogen (secondary N) is 1. The minimum atomic E-state index is -0.532. The zero-order valence-electron chi connectivity index (χ0n) is 21.0. The predicted octanol–water partition coefficient (Wildman–Crippen LogP) is 4.95. The molecule has 0 aromatic heterocycles. The van der Waals surface area contributed by atoms with Crippen LogP contribution in [0.3, 0.4) is 0 Å². The van der Waals surface area contributed by atoms with Crippen LogP contribution < -0.4 is 14.8 Å². The average Bonchev–Trinajstić information content (AvgIpc) is 2.89. The van der Waals surface area contributed by atoms with Crippen LogP contribution in [0.25, 0.3) is 0 Å². The molecular formula is C30H32N2O4. The van der Waals surface area contributed by atoms with Crippen molar-refractivity contribution in [1.82, 2.24) is 10.2 Å². The van der Waals surface area contributed by atoms with Gasteiger partial charge in [0.25, 0.3) is 5.91 Å². The van der Waals surface area contributed by atoms with Crippen molar-refractivity contribution < 1.29 is 19.1 Å². The molecule has 0 bridgehead atoms. The Morgan fingerprint density at radius 3 is 2.39 bits per heavy atom. The molecule has 2 unspecified atom stereocenters. The van der Waals surface area contributed by atoms with E-state index in [2.05, 4.69) is 5.32 Å². The van der Waals surface area contributed by atoms with Crippen LogP contribution in [-0.4, -0.2) is 36.5 Å². The van der Waals surface area contributed by atoms with Crippen LogP contribution >= 0.6 is 0 Å². The third kappa shape index (κ3) is 4.32. The van der Waals surface area contributed by atoms with Crippen LogP contribution in [0.5, 0.6) is 11.5 Å². The third-order valence-electron chi connectivity index (χ3n) is 7.05. The van der Waals surface area contributed by atoms with Crippen LogP contribution in [0.2, 0.25) is 0 Å². The van der Waals surface area contributed by atoms with E-state index in [9.17, 15) is 9.59 Å². The molecule has 0 spiro atoms. The van der Waals surface area contributed by atoms with Gasteiger partial charge in [0.1, 0.15) is 0 Å². The van der Waals surface area contributed by atoms with Crippen LogP contribution in [0.15, 0.2) is 60.7 Å². The van der Waals surface area contributed by atoms with E-state index in [4.69, 9.17) is 9.47 Å². The highest BCUT2D eigenvalue weighted by molar-refractivity contribution is 6.01. The Bertz CT molecular complexity index is 1280. The van der Waals surface area contributed by atoms with Crippen molar-refractivity contribution in [3.63, 3.8) is 0 Å². The molecule has 36 heavy (non-hydrogen) atoms. The van der Waals surface area contributed by atoms with E-state index in [1.165, 1.54) is 5.56 Å². The third-order valence-corrected chi connectivity index (χ3v) is 7.05. The smallest absolute Gasteiger partial charge is 0.254 e. The van der Waals surface area contributed by atoms with Gasteiger partial charge in [-0.1, -0.05) is 48.0 Å². The summed E-state index contributed by atoms with van der Waals surface area (Å²) in [6, 6.07) is 19.2. The Kier molecular flexibility index (Phi) is 6.68. The first-order valence-corrected chi connectivity index (χ1v) is 12.7. The second kappa shape index (κ2) is 10.1. The van der Waals surface area contributed by atoms with Gasteiger partial charge in [-0.3, -0.25) is 9.59 Å². The summed E-state index contributed by atoms with van der Waals surface area (Å²) < 4.78 is 11.8. The lowest BCUT2D eigenvalue weighted by Crippen LogP contribution is -2.50. The summed E-state index contributed by atoms with van der Waals surface area (Å²) in [5.74, 6) is 0.691. The molecule has 6 heteroatoms. The largest absolute Gasteiger partial charge is 0.490 e. The van der Waals surface area contributed by atoms with Gasteiger partial charge in [-0.25, -0.2) is 0 Å². The first-order chi connectivity index (χ1) is 17.5. The molecule has 3 aromatic carbocycles. The quantitative estimate of drug-likeness (QED) is 0.516. The molecule has 0 radical (unpaired) electrons. The number of carbonyl (C=O) groups is 2. The molecule has 3 aromatic rings. The van der Waals surface area contributed by atoms with Crippen molar-refractivity contribution in [3.8, 4) is 11.5 Å². The van der Waals surface area contributed by atoms with Gasteiger partial charge in [0.15, 0.2) is 11.5 Å². The number of amides is 2. The number of hydrogen-bond donors (Lipinski definition) is 1. The molecule has 5 rings (SSSR count). The van der Waals surface area contributed by atoms with Crippen molar-refractivity contribution in [2.45, 2.75) is 45.7 Å². The lowest BCUT2D eigenvalue weighted by molar-refractivity contribution is -0.124. The van der Waals surface area contributed by atoms with Crippen molar-refractivity contribution >= 4 is 11.8 Å². The van der Waals surface area contributed by atoms with E-state index in [1.807, 2.05) is 86.3 Å². The zero-order valence-corrected chi connectivity index (χ0v) is 21.0. The second-order valence-electron chi connectivity index (χ2n) is 9.33. The van der Waals surface area contributed by atoms with Gasteiger partial charge < -0.3 is 19.7 Å². The van der Waals surface area contributed by atoms with Crippen LogP contribution in [-0.2, 0) is 17.8 Å². The number of rotatable bonds is 7. The van der Waals surface area contributed by atoms with E-state index in [-0.39, 0.29) is 11.8 Å². The normalized spacial score (nSPS) is 18.1. The SMILES string of the molecule is CCOc1cc2c(cc1OCC)C1C(C(=O)NCc3ccc(C)cc3)c3ccccc3C(=O)N1CC2. The van der Waals surface area contributed by atoms with Gasteiger partial charge in [0, 0.05) is 18.7 Å². The molecule has 0 fully saturated rings. The number of aryl methyl sites for hydroxylation is 1. The Balaban J connectivity index is 1.57. The molecule has 6 nitrogen and oxygen atoms in total. The average molecular weight is 485 g/mol. The highest BCUT2D eigenvalue weighted by Gasteiger charge is 2.46. The van der Waals surface area contributed by atoms with Crippen molar-refractivity contribution in [1.29, 1.82) is 0 Å². The van der Waals surface area contributed by atoms with E-state index in [0.717, 1.165) is 22.3 Å². The van der Waals surface area contributed by atoms with Gasteiger partial charge in [0.2, 0.25) is 5.91 Å². The van der Waals surface area contributed by atoms with Gasteiger partial charge in [-0.05, 0) is 67.6 Å². The van der Waals surface area contributed by atoms with Crippen molar-refractivity contribution in [3.05, 3.63) is 94.0 Å². The van der Waals surface area contributed by atoms with E-state index < -0.39 is 12.0 Å². The Labute approximate surface area is 212 Å². The molecule has 2 atom stereocenters. The summed E-state index contributed by atoms with van der Waals surface area (Å²) in [5, 5.41) is 3.15. The van der Waals surface area contributed by atoms with Gasteiger partial charge in [-0.15, -0.1) is 0 Å². The molecule has 1 N–H and O–H groups in total. The van der Waals surface area contributed by atoms with Gasteiger partial charge in [0.05, 0.1) is 25.2 Å². The molecule has 2 heterocycles. The fourth-order valence-corrected chi connectivity index (χ4v) is 5.36. The van der Waals surface area contributed by atoms with Crippen molar-refractivity contribution in [2.75, 3.05) is 19.8 Å². The molecule has 186 valence electrons. The monoisotopic (exact) mass is 484 g/mol. The fraction of sp³-hybridized carbons (Fsp3) is 0.333. The lowest BCUT2D eigenvalue weighted by Gasteiger charge is -2.45. The maximum absolute atomic E-state index is 13.8. The standard InChI is InChI=1S/C30H32N2O4/c1-4-35-25-16-21-14-15-32-28(24(21)17-26(25)36-5-2)27(22-8-6-7-9-23(22)30(32)34)29(33)31-18-20-12-10-19(3)11-13-20/h6-13,16-17,27-28H,4-5,14-15,18H2,1-3H3,(H,31,33). The van der Waals surface area contributed by atoms with E-state index in [1.54, 1.807) is 0 Å². The summed E-state index contributed by atoms with van der Waals surface area (Å²) in [6.07, 6.45) is 0.698. The number of benzene rings is 3. The lowest BCUT2D eigenvalue weighted by atomic mass is 9.75. The minimum absolute atomic E-state index is 0.0318. The molecule has 0 saturated carbocycles. The van der Waals surface area contributed by atoms with Crippen LogP contribution in [0, 0.1) is 6.92 Å². The van der Waals surface area contributed by atoms with E-state index in [0.29, 0.717) is 49.8 Å².